The molecular formula is C21H24N2O4. The van der Waals surface area contributed by atoms with Crippen molar-refractivity contribution < 1.29 is 19.1 Å². The molecule has 1 saturated heterocycles. The van der Waals surface area contributed by atoms with Crippen LogP contribution >= 0.6 is 0 Å². The molecule has 2 aromatic carbocycles. The van der Waals surface area contributed by atoms with Crippen LogP contribution in [0.25, 0.3) is 0 Å². The van der Waals surface area contributed by atoms with Crippen LogP contribution in [0.15, 0.2) is 48.5 Å². The average molecular weight is 368 g/mol. The maximum atomic E-state index is 12.5. The van der Waals surface area contributed by atoms with E-state index in [1.54, 1.807) is 37.3 Å². The van der Waals surface area contributed by atoms with Crippen LogP contribution in [0.5, 0.6) is 11.5 Å². The lowest BCUT2D eigenvalue weighted by Crippen LogP contribution is -2.34. The Kier molecular flexibility index (Phi) is 5.96. The zero-order valence-corrected chi connectivity index (χ0v) is 15.6. The summed E-state index contributed by atoms with van der Waals surface area (Å²) in [5.41, 5.74) is 1.80. The number of hydrogen-bond donors (Lipinski definition) is 1. The van der Waals surface area contributed by atoms with Gasteiger partial charge in [0.2, 0.25) is 11.8 Å². The molecule has 1 fully saturated rings. The van der Waals surface area contributed by atoms with Crippen molar-refractivity contribution in [1.82, 2.24) is 5.32 Å². The van der Waals surface area contributed by atoms with Crippen molar-refractivity contribution in [2.45, 2.75) is 12.8 Å². The number of anilines is 1. The number of ether oxygens (including phenoxy) is 2. The molecule has 0 bridgehead atoms. The highest BCUT2D eigenvalue weighted by atomic mass is 16.5. The number of rotatable bonds is 7. The highest BCUT2D eigenvalue weighted by molar-refractivity contribution is 6.01. The summed E-state index contributed by atoms with van der Waals surface area (Å²) >= 11 is 0. The zero-order valence-electron chi connectivity index (χ0n) is 15.6. The number of carbonyl (C=O) groups is 2. The lowest BCUT2D eigenvalue weighted by Gasteiger charge is -2.20. The van der Waals surface area contributed by atoms with Gasteiger partial charge in [0.1, 0.15) is 11.5 Å². The van der Waals surface area contributed by atoms with Crippen LogP contribution in [0.2, 0.25) is 0 Å². The molecule has 27 heavy (non-hydrogen) atoms. The molecule has 2 aromatic rings. The molecule has 1 aliphatic heterocycles. The molecule has 142 valence electrons. The van der Waals surface area contributed by atoms with Crippen LogP contribution in [0.1, 0.15) is 12.0 Å². The van der Waals surface area contributed by atoms with Gasteiger partial charge in [-0.25, -0.2) is 0 Å². The molecule has 1 atom stereocenters. The van der Waals surface area contributed by atoms with Crippen molar-refractivity contribution >= 4 is 17.5 Å². The first kappa shape index (κ1) is 18.8. The van der Waals surface area contributed by atoms with Gasteiger partial charge < -0.3 is 19.7 Å². The highest BCUT2D eigenvalue weighted by Gasteiger charge is 2.36. The zero-order chi connectivity index (χ0) is 19.2. The van der Waals surface area contributed by atoms with E-state index in [9.17, 15) is 9.59 Å². The van der Waals surface area contributed by atoms with Crippen molar-refractivity contribution in [2.75, 3.05) is 32.2 Å². The fourth-order valence-electron chi connectivity index (χ4n) is 3.24. The van der Waals surface area contributed by atoms with Crippen LogP contribution < -0.4 is 19.7 Å². The fourth-order valence-corrected chi connectivity index (χ4v) is 3.24. The minimum Gasteiger partial charge on any atom is -0.497 e. The van der Waals surface area contributed by atoms with Crippen LogP contribution in [-0.2, 0) is 16.0 Å². The smallest absolute Gasteiger partial charge is 0.227 e. The predicted octanol–water partition coefficient (Wildman–Crippen LogP) is 2.42. The number of carbonyl (C=O) groups excluding carboxylic acids is 2. The molecule has 0 spiro atoms. The fraction of sp³-hybridized carbons (Fsp3) is 0.333. The van der Waals surface area contributed by atoms with Gasteiger partial charge in [0.05, 0.1) is 25.8 Å². The lowest BCUT2D eigenvalue weighted by molar-refractivity contribution is -0.126. The molecule has 6 nitrogen and oxygen atoms in total. The molecule has 0 saturated carbocycles. The molecule has 6 heteroatoms. The Balaban J connectivity index is 1.62. The predicted molar refractivity (Wildman–Crippen MR) is 103 cm³/mol. The second-order valence-corrected chi connectivity index (χ2v) is 6.47. The van der Waals surface area contributed by atoms with E-state index in [0.717, 1.165) is 6.42 Å². The molecule has 0 aromatic heterocycles. The quantitative estimate of drug-likeness (QED) is 0.815. The van der Waals surface area contributed by atoms with Gasteiger partial charge in [-0.1, -0.05) is 30.3 Å². The molecular weight excluding hydrogens is 344 g/mol. The van der Waals surface area contributed by atoms with Gasteiger partial charge in [-0.05, 0) is 24.1 Å². The Morgan fingerprint density at radius 3 is 2.63 bits per heavy atom. The second kappa shape index (κ2) is 8.58. The largest absolute Gasteiger partial charge is 0.497 e. The highest BCUT2D eigenvalue weighted by Crippen LogP contribution is 2.36. The molecule has 0 aliphatic carbocycles. The number of benzene rings is 2. The van der Waals surface area contributed by atoms with Crippen LogP contribution in [0.3, 0.4) is 0 Å². The molecule has 1 unspecified atom stereocenters. The Morgan fingerprint density at radius 1 is 1.15 bits per heavy atom. The summed E-state index contributed by atoms with van der Waals surface area (Å²) in [4.78, 5) is 26.6. The Bertz CT molecular complexity index is 807. The van der Waals surface area contributed by atoms with Gasteiger partial charge in [0.15, 0.2) is 0 Å². The van der Waals surface area contributed by atoms with E-state index in [4.69, 9.17) is 9.47 Å². The van der Waals surface area contributed by atoms with E-state index in [0.29, 0.717) is 30.3 Å². The van der Waals surface area contributed by atoms with E-state index in [1.165, 1.54) is 5.56 Å². The van der Waals surface area contributed by atoms with Gasteiger partial charge in [-0.15, -0.1) is 0 Å². The lowest BCUT2D eigenvalue weighted by atomic mass is 10.1. The molecule has 3 rings (SSSR count). The van der Waals surface area contributed by atoms with Crippen molar-refractivity contribution in [3.8, 4) is 11.5 Å². The summed E-state index contributed by atoms with van der Waals surface area (Å²) in [5.74, 6) is 0.654. The third kappa shape index (κ3) is 4.39. The molecule has 1 heterocycles. The van der Waals surface area contributed by atoms with E-state index >= 15 is 0 Å². The maximum Gasteiger partial charge on any atom is 0.227 e. The summed E-state index contributed by atoms with van der Waals surface area (Å²) in [6.45, 7) is 0.884. The third-order valence-electron chi connectivity index (χ3n) is 4.73. The van der Waals surface area contributed by atoms with Gasteiger partial charge in [0.25, 0.3) is 0 Å². The van der Waals surface area contributed by atoms with Gasteiger partial charge >= 0.3 is 0 Å². The van der Waals surface area contributed by atoms with Gasteiger partial charge in [-0.3, -0.25) is 9.59 Å². The minimum absolute atomic E-state index is 0.0928. The minimum atomic E-state index is -0.371. The van der Waals surface area contributed by atoms with E-state index in [2.05, 4.69) is 5.32 Å². The van der Waals surface area contributed by atoms with Gasteiger partial charge in [-0.2, -0.15) is 0 Å². The molecule has 1 N–H and O–H groups in total. The molecule has 2 amide bonds. The van der Waals surface area contributed by atoms with Gasteiger partial charge in [0, 0.05) is 25.6 Å². The van der Waals surface area contributed by atoms with E-state index in [-0.39, 0.29) is 24.2 Å². The first-order chi connectivity index (χ1) is 13.1. The van der Waals surface area contributed by atoms with Crippen LogP contribution in [0, 0.1) is 5.92 Å². The summed E-state index contributed by atoms with van der Waals surface area (Å²) < 4.78 is 10.6. The standard InChI is InChI=1S/C21H24N2O4/c1-26-17-8-9-19(27-2)18(13-17)23-14-16(12-20(23)24)21(25)22-11-10-15-6-4-3-5-7-15/h3-9,13,16H,10-12,14H2,1-2H3,(H,22,25). The maximum absolute atomic E-state index is 12.5. The normalized spacial score (nSPS) is 16.3. The van der Waals surface area contributed by atoms with E-state index in [1.807, 2.05) is 30.3 Å². The Morgan fingerprint density at radius 2 is 1.93 bits per heavy atom. The van der Waals surface area contributed by atoms with E-state index < -0.39 is 0 Å². The summed E-state index contributed by atoms with van der Waals surface area (Å²) in [6, 6.07) is 15.3. The average Bonchev–Trinajstić information content (AvgIpc) is 3.09. The third-order valence-corrected chi connectivity index (χ3v) is 4.73. The topological polar surface area (TPSA) is 67.9 Å². The van der Waals surface area contributed by atoms with Crippen molar-refractivity contribution in [3.63, 3.8) is 0 Å². The Hall–Kier alpha value is -3.02. The monoisotopic (exact) mass is 368 g/mol. The molecule has 0 radical (unpaired) electrons. The first-order valence-electron chi connectivity index (χ1n) is 8.96. The number of nitrogens with zero attached hydrogens (tertiary/aromatic N) is 1. The number of hydrogen-bond acceptors (Lipinski definition) is 4. The van der Waals surface area contributed by atoms with Crippen LogP contribution in [-0.4, -0.2) is 39.1 Å². The molecule has 1 aliphatic rings. The SMILES string of the molecule is COc1ccc(OC)c(N2CC(C(=O)NCCc3ccccc3)CC2=O)c1. The number of amides is 2. The second-order valence-electron chi connectivity index (χ2n) is 6.47. The van der Waals surface area contributed by atoms with Crippen molar-refractivity contribution in [2.24, 2.45) is 5.92 Å². The van der Waals surface area contributed by atoms with Crippen molar-refractivity contribution in [1.29, 1.82) is 0 Å². The first-order valence-corrected chi connectivity index (χ1v) is 8.96. The van der Waals surface area contributed by atoms with Crippen LogP contribution in [0.4, 0.5) is 5.69 Å². The number of methoxy groups -OCH3 is 2. The Labute approximate surface area is 159 Å². The summed E-state index contributed by atoms with van der Waals surface area (Å²) in [7, 11) is 3.13. The van der Waals surface area contributed by atoms with Crippen molar-refractivity contribution in [3.05, 3.63) is 54.1 Å². The summed E-state index contributed by atoms with van der Waals surface area (Å²) in [6.07, 6.45) is 0.957. The summed E-state index contributed by atoms with van der Waals surface area (Å²) in [5, 5.41) is 2.94. The number of nitrogens with one attached hydrogen (secondary N) is 1.